The van der Waals surface area contributed by atoms with E-state index in [0.717, 1.165) is 55.4 Å². The molecule has 1 aliphatic heterocycles. The summed E-state index contributed by atoms with van der Waals surface area (Å²) in [4.78, 5) is 30.8. The number of nitrogens with one attached hydrogen (secondary N) is 2. The van der Waals surface area contributed by atoms with Crippen molar-refractivity contribution in [3.05, 3.63) is 34.2 Å². The van der Waals surface area contributed by atoms with Crippen LogP contribution in [0.3, 0.4) is 0 Å². The summed E-state index contributed by atoms with van der Waals surface area (Å²) in [5.74, 6) is 0.562. The lowest BCUT2D eigenvalue weighted by atomic mass is 9.97. The Kier molecular flexibility index (Phi) is 4.81. The van der Waals surface area contributed by atoms with Gasteiger partial charge in [-0.05, 0) is 49.3 Å². The number of piperidine rings is 1. The number of nitrogens with zero attached hydrogens (tertiary/aromatic N) is 1. The molecule has 23 heavy (non-hydrogen) atoms. The molecule has 0 saturated carbocycles. The van der Waals surface area contributed by atoms with Crippen molar-refractivity contribution >= 4 is 16.9 Å². The van der Waals surface area contributed by atoms with E-state index in [1.54, 1.807) is 0 Å². The summed E-state index contributed by atoms with van der Waals surface area (Å²) in [6, 6.07) is 5.85. The van der Waals surface area contributed by atoms with Crippen LogP contribution in [0, 0.1) is 5.92 Å². The zero-order valence-electron chi connectivity index (χ0n) is 13.2. The molecule has 6 heteroatoms. The molecule has 0 unspecified atom stereocenters. The van der Waals surface area contributed by atoms with Gasteiger partial charge in [0.1, 0.15) is 0 Å². The van der Waals surface area contributed by atoms with Crippen LogP contribution < -0.4 is 5.69 Å². The zero-order chi connectivity index (χ0) is 16.2. The summed E-state index contributed by atoms with van der Waals surface area (Å²) < 4.78 is 0. The number of aromatic nitrogens is 2. The van der Waals surface area contributed by atoms with Crippen LogP contribution in [0.4, 0.5) is 0 Å². The van der Waals surface area contributed by atoms with E-state index in [2.05, 4.69) is 9.97 Å². The second kappa shape index (κ2) is 7.00. The Morgan fingerprint density at radius 1 is 1.22 bits per heavy atom. The second-order valence-electron chi connectivity index (χ2n) is 6.32. The highest BCUT2D eigenvalue weighted by Gasteiger charge is 2.21. The molecule has 2 heterocycles. The highest BCUT2D eigenvalue weighted by atomic mass is 16.3. The number of rotatable bonds is 5. The third-order valence-corrected chi connectivity index (χ3v) is 4.66. The van der Waals surface area contributed by atoms with Crippen LogP contribution in [0.1, 0.15) is 31.2 Å². The van der Waals surface area contributed by atoms with Gasteiger partial charge in [-0.15, -0.1) is 0 Å². The van der Waals surface area contributed by atoms with Gasteiger partial charge in [-0.1, -0.05) is 6.07 Å². The first-order valence-electron chi connectivity index (χ1n) is 8.25. The molecular weight excluding hydrogens is 294 g/mol. The predicted octanol–water partition coefficient (Wildman–Crippen LogP) is 1.41. The molecule has 2 aromatic rings. The monoisotopic (exact) mass is 317 g/mol. The summed E-state index contributed by atoms with van der Waals surface area (Å²) in [7, 11) is 0. The van der Waals surface area contributed by atoms with Crippen LogP contribution in [0.15, 0.2) is 23.0 Å². The number of benzene rings is 1. The van der Waals surface area contributed by atoms with E-state index in [-0.39, 0.29) is 18.2 Å². The number of H-pyrrole nitrogens is 2. The maximum atomic E-state index is 12.2. The molecular formula is C17H23N3O3. The lowest BCUT2D eigenvalue weighted by molar-refractivity contribution is -0.132. The van der Waals surface area contributed by atoms with E-state index < -0.39 is 0 Å². The van der Waals surface area contributed by atoms with E-state index in [1.165, 1.54) is 0 Å². The van der Waals surface area contributed by atoms with Crippen molar-refractivity contribution in [2.45, 2.75) is 32.1 Å². The predicted molar refractivity (Wildman–Crippen MR) is 88.2 cm³/mol. The Morgan fingerprint density at radius 2 is 1.96 bits per heavy atom. The molecule has 0 aliphatic carbocycles. The van der Waals surface area contributed by atoms with E-state index >= 15 is 0 Å². The van der Waals surface area contributed by atoms with Crippen molar-refractivity contribution in [2.75, 3.05) is 19.7 Å². The summed E-state index contributed by atoms with van der Waals surface area (Å²) in [6.45, 7) is 1.76. The average Bonchev–Trinajstić information content (AvgIpc) is 2.94. The van der Waals surface area contributed by atoms with Crippen LogP contribution in [-0.2, 0) is 11.2 Å². The third-order valence-electron chi connectivity index (χ3n) is 4.66. The molecule has 1 aromatic heterocycles. The minimum atomic E-state index is -0.196. The van der Waals surface area contributed by atoms with Gasteiger partial charge in [0.25, 0.3) is 0 Å². The van der Waals surface area contributed by atoms with Gasteiger partial charge >= 0.3 is 5.69 Å². The van der Waals surface area contributed by atoms with Gasteiger partial charge in [-0.25, -0.2) is 4.79 Å². The number of carbonyl (C=O) groups excluding carboxylic acids is 1. The average molecular weight is 317 g/mol. The van der Waals surface area contributed by atoms with Crippen molar-refractivity contribution < 1.29 is 9.90 Å². The number of amides is 1. The Labute approximate surface area is 134 Å². The summed E-state index contributed by atoms with van der Waals surface area (Å²) in [5, 5.41) is 9.13. The van der Waals surface area contributed by atoms with E-state index in [1.807, 2.05) is 23.1 Å². The number of likely N-dealkylation sites (tertiary alicyclic amines) is 1. The van der Waals surface area contributed by atoms with Gasteiger partial charge < -0.3 is 20.0 Å². The zero-order valence-corrected chi connectivity index (χ0v) is 13.2. The molecule has 0 radical (unpaired) electrons. The van der Waals surface area contributed by atoms with Crippen LogP contribution in [-0.4, -0.2) is 45.6 Å². The number of carbonyl (C=O) groups is 1. The smallest absolute Gasteiger partial charge is 0.323 e. The van der Waals surface area contributed by atoms with Crippen molar-refractivity contribution in [3.8, 4) is 0 Å². The number of aliphatic hydroxyl groups is 1. The van der Waals surface area contributed by atoms with Crippen molar-refractivity contribution in [1.82, 2.24) is 14.9 Å². The minimum absolute atomic E-state index is 0.196. The standard InChI is InChI=1S/C17H23N3O3/c21-11-13-6-8-20(9-7-13)16(22)3-1-2-12-4-5-14-15(10-12)19-17(23)18-14/h4-5,10,13,21H,1-3,6-9,11H2,(H2,18,19,23). The fraction of sp³-hybridized carbons (Fsp3) is 0.529. The van der Waals surface area contributed by atoms with Gasteiger partial charge in [0.2, 0.25) is 5.91 Å². The maximum absolute atomic E-state index is 12.2. The van der Waals surface area contributed by atoms with Gasteiger partial charge in [-0.2, -0.15) is 0 Å². The number of aromatic amines is 2. The molecule has 1 aromatic carbocycles. The normalized spacial score (nSPS) is 16.1. The molecule has 6 nitrogen and oxygen atoms in total. The van der Waals surface area contributed by atoms with Crippen molar-refractivity contribution in [3.63, 3.8) is 0 Å². The van der Waals surface area contributed by atoms with E-state index in [0.29, 0.717) is 12.3 Å². The lowest BCUT2D eigenvalue weighted by Gasteiger charge is -2.31. The van der Waals surface area contributed by atoms with Crippen LogP contribution in [0.25, 0.3) is 11.0 Å². The van der Waals surface area contributed by atoms with E-state index in [4.69, 9.17) is 5.11 Å². The molecule has 1 aliphatic rings. The number of hydrogen-bond acceptors (Lipinski definition) is 3. The fourth-order valence-electron chi connectivity index (χ4n) is 3.20. The quantitative estimate of drug-likeness (QED) is 0.779. The Morgan fingerprint density at radius 3 is 2.70 bits per heavy atom. The topological polar surface area (TPSA) is 89.2 Å². The number of aryl methyl sites for hydroxylation is 1. The molecule has 1 amide bonds. The Balaban J connectivity index is 1.48. The molecule has 0 spiro atoms. The van der Waals surface area contributed by atoms with Crippen LogP contribution in [0.2, 0.25) is 0 Å². The van der Waals surface area contributed by atoms with E-state index in [9.17, 15) is 9.59 Å². The van der Waals surface area contributed by atoms with Crippen LogP contribution in [0.5, 0.6) is 0 Å². The summed E-state index contributed by atoms with van der Waals surface area (Å²) in [5.41, 5.74) is 2.55. The third kappa shape index (κ3) is 3.82. The Bertz CT molecular complexity index is 726. The second-order valence-corrected chi connectivity index (χ2v) is 6.32. The molecule has 3 rings (SSSR count). The highest BCUT2D eigenvalue weighted by molar-refractivity contribution is 5.76. The summed E-state index contributed by atoms with van der Waals surface area (Å²) >= 11 is 0. The van der Waals surface area contributed by atoms with Gasteiger partial charge in [0, 0.05) is 26.1 Å². The van der Waals surface area contributed by atoms with Gasteiger partial charge in [-0.3, -0.25) is 4.79 Å². The SMILES string of the molecule is O=C(CCCc1ccc2[nH]c(=O)[nH]c2c1)N1CCC(CO)CC1. The number of fused-ring (bicyclic) bond motifs is 1. The summed E-state index contributed by atoms with van der Waals surface area (Å²) in [6.07, 6.45) is 3.98. The molecule has 1 fully saturated rings. The molecule has 124 valence electrons. The minimum Gasteiger partial charge on any atom is -0.396 e. The van der Waals surface area contributed by atoms with Crippen molar-refractivity contribution in [1.29, 1.82) is 0 Å². The van der Waals surface area contributed by atoms with Gasteiger partial charge in [0.15, 0.2) is 0 Å². The molecule has 1 saturated heterocycles. The first-order chi connectivity index (χ1) is 11.2. The molecule has 0 bridgehead atoms. The first-order valence-corrected chi connectivity index (χ1v) is 8.25. The number of imidazole rings is 1. The lowest BCUT2D eigenvalue weighted by Crippen LogP contribution is -2.39. The van der Waals surface area contributed by atoms with Gasteiger partial charge in [0.05, 0.1) is 11.0 Å². The van der Waals surface area contributed by atoms with Crippen LogP contribution >= 0.6 is 0 Å². The number of aliphatic hydroxyl groups excluding tert-OH is 1. The number of hydrogen-bond donors (Lipinski definition) is 3. The Hall–Kier alpha value is -2.08. The fourth-order valence-corrected chi connectivity index (χ4v) is 3.20. The molecule has 0 atom stereocenters. The van der Waals surface area contributed by atoms with Crippen molar-refractivity contribution in [2.24, 2.45) is 5.92 Å². The molecule has 3 N–H and O–H groups in total. The first kappa shape index (κ1) is 15.8. The largest absolute Gasteiger partial charge is 0.396 e. The highest BCUT2D eigenvalue weighted by Crippen LogP contribution is 2.18. The maximum Gasteiger partial charge on any atom is 0.323 e.